The predicted molar refractivity (Wildman–Crippen MR) is 115 cm³/mol. The quantitative estimate of drug-likeness (QED) is 0.383. The molecule has 1 aromatic heterocycles. The van der Waals surface area contributed by atoms with Crippen molar-refractivity contribution in [1.82, 2.24) is 19.9 Å². The maximum Gasteiger partial charge on any atom is 0.335 e. The molecule has 1 atom stereocenters. The van der Waals surface area contributed by atoms with Gasteiger partial charge in [-0.2, -0.15) is 0 Å². The molecule has 0 saturated carbocycles. The summed E-state index contributed by atoms with van der Waals surface area (Å²) in [6.07, 6.45) is -0.231. The molecule has 0 radical (unpaired) electrons. The van der Waals surface area contributed by atoms with Crippen LogP contribution in [0.4, 0.5) is 0 Å². The lowest BCUT2D eigenvalue weighted by molar-refractivity contribution is 0.0596. The average Bonchev–Trinajstić information content (AvgIpc) is 3.24. The fourth-order valence-corrected chi connectivity index (χ4v) is 5.38. The van der Waals surface area contributed by atoms with Crippen LogP contribution in [-0.4, -0.2) is 56.2 Å². The van der Waals surface area contributed by atoms with E-state index in [-0.39, 0.29) is 25.9 Å². The highest BCUT2D eigenvalue weighted by molar-refractivity contribution is 7.53. The Kier molecular flexibility index (Phi) is 6.21. The number of hydrogen-bond acceptors (Lipinski definition) is 8. The van der Waals surface area contributed by atoms with E-state index in [1.807, 2.05) is 12.1 Å². The molecule has 11 heteroatoms. The lowest BCUT2D eigenvalue weighted by Crippen LogP contribution is -2.39. The van der Waals surface area contributed by atoms with Crippen molar-refractivity contribution >= 4 is 30.2 Å². The molecular formula is C21H23N4O6P. The first-order chi connectivity index (χ1) is 15.4. The standard InChI is InChI=1S/C21H23N4O6P/c1-3-30-32(29,31-4-2)13-18(26)25-12-15(22-23-25)11-24-20(27)16-9-5-7-14-8-6-10-17(19(14)16)21(24)28/h5-10,12,18,26H,3-4,11,13H2,1-2H3. The summed E-state index contributed by atoms with van der Waals surface area (Å²) in [7, 11) is -3.50. The van der Waals surface area contributed by atoms with Gasteiger partial charge in [0, 0.05) is 16.5 Å². The van der Waals surface area contributed by atoms with E-state index in [9.17, 15) is 19.3 Å². The van der Waals surface area contributed by atoms with Gasteiger partial charge in [0.2, 0.25) is 0 Å². The van der Waals surface area contributed by atoms with Gasteiger partial charge in [0.25, 0.3) is 11.8 Å². The van der Waals surface area contributed by atoms with Gasteiger partial charge in [-0.3, -0.25) is 19.1 Å². The Labute approximate surface area is 184 Å². The molecule has 2 heterocycles. The number of nitrogens with zero attached hydrogens (tertiary/aromatic N) is 4. The molecule has 2 aromatic carbocycles. The zero-order valence-electron chi connectivity index (χ0n) is 17.7. The molecule has 0 fully saturated rings. The maximum absolute atomic E-state index is 13.0. The van der Waals surface area contributed by atoms with Gasteiger partial charge in [0.15, 0.2) is 6.23 Å². The van der Waals surface area contributed by atoms with Crippen LogP contribution in [0.5, 0.6) is 0 Å². The van der Waals surface area contributed by atoms with Gasteiger partial charge in [-0.25, -0.2) is 4.68 Å². The Bertz CT molecular complexity index is 1170. The zero-order chi connectivity index (χ0) is 22.9. The molecule has 10 nitrogen and oxygen atoms in total. The van der Waals surface area contributed by atoms with Crippen molar-refractivity contribution in [3.05, 3.63) is 59.4 Å². The van der Waals surface area contributed by atoms with E-state index in [0.717, 1.165) is 15.0 Å². The van der Waals surface area contributed by atoms with Crippen LogP contribution in [-0.2, 0) is 20.2 Å². The van der Waals surface area contributed by atoms with Gasteiger partial charge in [0.1, 0.15) is 5.69 Å². The minimum absolute atomic E-state index is 0.121. The number of carbonyl (C=O) groups is 2. The second-order valence-corrected chi connectivity index (χ2v) is 9.31. The molecule has 1 unspecified atom stereocenters. The summed E-state index contributed by atoms with van der Waals surface area (Å²) < 4.78 is 24.1. The fourth-order valence-electron chi connectivity index (χ4n) is 3.74. The summed E-state index contributed by atoms with van der Waals surface area (Å²) in [5.41, 5.74) is 1.18. The Morgan fingerprint density at radius 1 is 1.03 bits per heavy atom. The van der Waals surface area contributed by atoms with E-state index >= 15 is 0 Å². The molecule has 0 bridgehead atoms. The Morgan fingerprint density at radius 3 is 2.19 bits per heavy atom. The predicted octanol–water partition coefficient (Wildman–Crippen LogP) is 2.98. The number of amides is 2. The fraction of sp³-hybridized carbons (Fsp3) is 0.333. The summed E-state index contributed by atoms with van der Waals surface area (Å²) in [5, 5.41) is 19.7. The highest BCUT2D eigenvalue weighted by Gasteiger charge is 2.34. The van der Waals surface area contributed by atoms with Crippen LogP contribution in [0.3, 0.4) is 0 Å². The van der Waals surface area contributed by atoms with Crippen LogP contribution in [0.25, 0.3) is 10.8 Å². The number of imide groups is 1. The zero-order valence-corrected chi connectivity index (χ0v) is 18.6. The molecule has 3 aromatic rings. The van der Waals surface area contributed by atoms with Crippen molar-refractivity contribution in [3.63, 3.8) is 0 Å². The van der Waals surface area contributed by atoms with Crippen molar-refractivity contribution in [2.75, 3.05) is 19.4 Å². The van der Waals surface area contributed by atoms with E-state index in [4.69, 9.17) is 9.05 Å². The van der Waals surface area contributed by atoms with E-state index in [1.165, 1.54) is 6.20 Å². The van der Waals surface area contributed by atoms with Crippen molar-refractivity contribution in [1.29, 1.82) is 0 Å². The Morgan fingerprint density at radius 2 is 1.62 bits per heavy atom. The summed E-state index contributed by atoms with van der Waals surface area (Å²) in [6.45, 7) is 3.57. The number of rotatable bonds is 9. The number of aromatic nitrogens is 3. The second kappa shape index (κ2) is 8.91. The molecule has 1 aliphatic rings. The molecule has 0 saturated heterocycles. The van der Waals surface area contributed by atoms with Gasteiger partial charge in [-0.1, -0.05) is 29.5 Å². The SMILES string of the molecule is CCOP(=O)(CC(O)n1cc(CN2C(=O)c3cccc4cccc(c34)C2=O)nn1)OCC. The Balaban J connectivity index is 1.54. The van der Waals surface area contributed by atoms with Gasteiger partial charge >= 0.3 is 7.60 Å². The molecule has 32 heavy (non-hydrogen) atoms. The number of aliphatic hydroxyl groups excluding tert-OH is 1. The number of hydrogen-bond donors (Lipinski definition) is 1. The van der Waals surface area contributed by atoms with Crippen LogP contribution in [0.2, 0.25) is 0 Å². The topological polar surface area (TPSA) is 124 Å². The van der Waals surface area contributed by atoms with Gasteiger partial charge in [-0.15, -0.1) is 5.10 Å². The normalized spacial score (nSPS) is 14.9. The first-order valence-electron chi connectivity index (χ1n) is 10.2. The van der Waals surface area contributed by atoms with Crippen molar-refractivity contribution < 1.29 is 28.3 Å². The molecule has 0 aliphatic carbocycles. The molecule has 0 spiro atoms. The third-order valence-electron chi connectivity index (χ3n) is 5.08. The highest BCUT2D eigenvalue weighted by atomic mass is 31.2. The van der Waals surface area contributed by atoms with Crippen molar-refractivity contribution in [3.8, 4) is 0 Å². The minimum atomic E-state index is -3.50. The first kappa shape index (κ1) is 22.3. The summed E-state index contributed by atoms with van der Waals surface area (Å²) in [6, 6.07) is 10.6. The Hall–Kier alpha value is -2.91. The monoisotopic (exact) mass is 458 g/mol. The summed E-state index contributed by atoms with van der Waals surface area (Å²) in [4.78, 5) is 27.1. The van der Waals surface area contributed by atoms with Crippen LogP contribution >= 0.6 is 7.60 Å². The molecule has 4 rings (SSSR count). The van der Waals surface area contributed by atoms with Crippen molar-refractivity contribution in [2.45, 2.75) is 26.6 Å². The van der Waals surface area contributed by atoms with Crippen molar-refractivity contribution in [2.24, 2.45) is 0 Å². The third kappa shape index (κ3) is 4.10. The van der Waals surface area contributed by atoms with Gasteiger partial charge in [-0.05, 0) is 31.4 Å². The molecule has 1 aliphatic heterocycles. The van der Waals surface area contributed by atoms with Crippen LogP contribution in [0.15, 0.2) is 42.6 Å². The van der Waals surface area contributed by atoms with Gasteiger partial charge < -0.3 is 14.2 Å². The van der Waals surface area contributed by atoms with Crippen LogP contribution < -0.4 is 0 Å². The van der Waals surface area contributed by atoms with Crippen LogP contribution in [0, 0.1) is 0 Å². The molecule has 2 amide bonds. The van der Waals surface area contributed by atoms with Gasteiger partial charge in [0.05, 0.1) is 32.1 Å². The highest BCUT2D eigenvalue weighted by Crippen LogP contribution is 2.49. The molecule has 168 valence electrons. The third-order valence-corrected chi connectivity index (χ3v) is 7.15. The lowest BCUT2D eigenvalue weighted by atomic mass is 9.94. The number of benzene rings is 2. The lowest BCUT2D eigenvalue weighted by Gasteiger charge is -2.26. The van der Waals surface area contributed by atoms with E-state index in [1.54, 1.807) is 38.1 Å². The van der Waals surface area contributed by atoms with E-state index < -0.39 is 25.6 Å². The second-order valence-electron chi connectivity index (χ2n) is 7.21. The average molecular weight is 458 g/mol. The van der Waals surface area contributed by atoms with Crippen LogP contribution in [0.1, 0.15) is 46.5 Å². The molecule has 1 N–H and O–H groups in total. The maximum atomic E-state index is 13.0. The van der Waals surface area contributed by atoms with E-state index in [2.05, 4.69) is 10.3 Å². The summed E-state index contributed by atoms with van der Waals surface area (Å²) >= 11 is 0. The smallest absolute Gasteiger partial charge is 0.335 e. The van der Waals surface area contributed by atoms with E-state index in [0.29, 0.717) is 22.2 Å². The minimum Gasteiger partial charge on any atom is -0.371 e. The first-order valence-corrected chi connectivity index (χ1v) is 11.9. The number of carbonyl (C=O) groups excluding carboxylic acids is 2. The molecular weight excluding hydrogens is 435 g/mol. The summed E-state index contributed by atoms with van der Waals surface area (Å²) in [5.74, 6) is -0.849. The largest absolute Gasteiger partial charge is 0.371 e. The number of aliphatic hydroxyl groups is 1.